The van der Waals surface area contributed by atoms with Crippen molar-refractivity contribution in [2.24, 2.45) is 0 Å². The molecule has 3 aliphatic heterocycles. The lowest BCUT2D eigenvalue weighted by atomic mass is 10.3. The largest absolute Gasteiger partial charge is 0.367 e. The second kappa shape index (κ2) is 3.15. The van der Waals surface area contributed by atoms with Gasteiger partial charge < -0.3 is 4.74 Å². The standard InChI is InChI=1S/C9H19N4O/c1-11-6-12-4-10-5-13(7-11,8-12)2-9-3-14-9/h9-10H,2-8H2,1H3/q+1. The number of ether oxygens (including phenoxy) is 1. The minimum atomic E-state index is 0.531. The molecule has 0 saturated carbocycles. The first-order valence-corrected chi connectivity index (χ1v) is 5.34. The van der Waals surface area contributed by atoms with Crippen molar-refractivity contribution in [2.45, 2.75) is 6.10 Å². The van der Waals surface area contributed by atoms with E-state index in [0.717, 1.165) is 37.8 Å². The summed E-state index contributed by atoms with van der Waals surface area (Å²) < 4.78 is 6.49. The lowest BCUT2D eigenvalue weighted by Gasteiger charge is -2.51. The van der Waals surface area contributed by atoms with E-state index in [1.165, 1.54) is 13.2 Å². The van der Waals surface area contributed by atoms with Crippen LogP contribution in [0.4, 0.5) is 0 Å². The molecule has 0 radical (unpaired) electrons. The van der Waals surface area contributed by atoms with Crippen molar-refractivity contribution in [2.75, 3.05) is 53.5 Å². The molecule has 0 amide bonds. The molecule has 3 rings (SSSR count). The zero-order valence-electron chi connectivity index (χ0n) is 8.78. The Kier molecular flexibility index (Phi) is 2.04. The van der Waals surface area contributed by atoms with Gasteiger partial charge in [-0.05, 0) is 7.05 Å². The predicted molar refractivity (Wildman–Crippen MR) is 51.9 cm³/mol. The van der Waals surface area contributed by atoms with E-state index >= 15 is 0 Å². The van der Waals surface area contributed by atoms with E-state index in [0.29, 0.717) is 6.10 Å². The molecule has 3 unspecified atom stereocenters. The quantitative estimate of drug-likeness (QED) is 0.449. The normalized spacial score (nSPS) is 47.8. The van der Waals surface area contributed by atoms with Crippen molar-refractivity contribution < 1.29 is 9.22 Å². The van der Waals surface area contributed by atoms with Gasteiger partial charge in [0, 0.05) is 0 Å². The van der Waals surface area contributed by atoms with E-state index in [1.807, 2.05) is 0 Å². The number of nitrogens with one attached hydrogen (secondary N) is 1. The topological polar surface area (TPSA) is 31.0 Å². The smallest absolute Gasteiger partial charge is 0.139 e. The fraction of sp³-hybridized carbons (Fsp3) is 1.00. The molecule has 14 heavy (non-hydrogen) atoms. The predicted octanol–water partition coefficient (Wildman–Crippen LogP) is -1.16. The van der Waals surface area contributed by atoms with E-state index < -0.39 is 0 Å². The molecule has 2 bridgehead atoms. The first-order valence-electron chi connectivity index (χ1n) is 5.34. The van der Waals surface area contributed by atoms with Crippen molar-refractivity contribution in [1.29, 1.82) is 0 Å². The Morgan fingerprint density at radius 1 is 1.50 bits per heavy atom. The fourth-order valence-corrected chi connectivity index (χ4v) is 2.84. The first kappa shape index (κ1) is 9.06. The van der Waals surface area contributed by atoms with Crippen LogP contribution in [0.2, 0.25) is 0 Å². The zero-order chi connectivity index (χ0) is 9.60. The van der Waals surface area contributed by atoms with Crippen LogP contribution in [0.15, 0.2) is 0 Å². The summed E-state index contributed by atoms with van der Waals surface area (Å²) in [6, 6.07) is 0. The molecular weight excluding hydrogens is 180 g/mol. The summed E-state index contributed by atoms with van der Waals surface area (Å²) in [5, 5.41) is 3.50. The van der Waals surface area contributed by atoms with Gasteiger partial charge >= 0.3 is 0 Å². The van der Waals surface area contributed by atoms with Gasteiger partial charge in [0.15, 0.2) is 0 Å². The van der Waals surface area contributed by atoms with E-state index in [-0.39, 0.29) is 0 Å². The monoisotopic (exact) mass is 199 g/mol. The summed E-state index contributed by atoms with van der Waals surface area (Å²) in [6.07, 6.45) is 0.531. The number of nitrogens with zero attached hydrogens (tertiary/aromatic N) is 3. The lowest BCUT2D eigenvalue weighted by Crippen LogP contribution is -2.73. The first-order chi connectivity index (χ1) is 6.76. The Hall–Kier alpha value is -0.200. The molecule has 0 aromatic heterocycles. The highest BCUT2D eigenvalue weighted by Gasteiger charge is 2.43. The van der Waals surface area contributed by atoms with Crippen molar-refractivity contribution in [3.63, 3.8) is 0 Å². The van der Waals surface area contributed by atoms with Gasteiger partial charge in [0.25, 0.3) is 0 Å². The number of hydrogen-bond acceptors (Lipinski definition) is 4. The number of fused-ring (bicyclic) bond motifs is 2. The van der Waals surface area contributed by atoms with Gasteiger partial charge in [-0.2, -0.15) is 0 Å². The number of epoxide rings is 1. The third kappa shape index (κ3) is 1.66. The molecule has 3 aliphatic rings. The van der Waals surface area contributed by atoms with Crippen molar-refractivity contribution >= 4 is 0 Å². The third-order valence-electron chi connectivity index (χ3n) is 3.26. The highest BCUT2D eigenvalue weighted by Crippen LogP contribution is 2.22. The molecule has 3 atom stereocenters. The Morgan fingerprint density at radius 2 is 2.36 bits per heavy atom. The maximum Gasteiger partial charge on any atom is 0.139 e. The molecule has 0 aromatic rings. The lowest BCUT2D eigenvalue weighted by molar-refractivity contribution is -0.962. The minimum absolute atomic E-state index is 0.531. The van der Waals surface area contributed by atoms with Crippen LogP contribution in [0.3, 0.4) is 0 Å². The molecule has 0 spiro atoms. The fourth-order valence-electron chi connectivity index (χ4n) is 2.84. The van der Waals surface area contributed by atoms with Crippen molar-refractivity contribution in [3.05, 3.63) is 0 Å². The van der Waals surface area contributed by atoms with Gasteiger partial charge in [0.2, 0.25) is 0 Å². The molecule has 5 heteroatoms. The highest BCUT2D eigenvalue weighted by atomic mass is 16.6. The van der Waals surface area contributed by atoms with Crippen LogP contribution in [-0.4, -0.2) is 73.9 Å². The third-order valence-corrected chi connectivity index (χ3v) is 3.26. The molecule has 3 heterocycles. The van der Waals surface area contributed by atoms with Gasteiger partial charge in [-0.15, -0.1) is 0 Å². The number of quaternary nitrogens is 1. The van der Waals surface area contributed by atoms with Gasteiger partial charge in [-0.1, -0.05) is 0 Å². The summed E-state index contributed by atoms with van der Waals surface area (Å²) in [6.45, 7) is 7.73. The summed E-state index contributed by atoms with van der Waals surface area (Å²) >= 11 is 0. The van der Waals surface area contributed by atoms with Crippen LogP contribution >= 0.6 is 0 Å². The second-order valence-corrected chi connectivity index (χ2v) is 5.00. The van der Waals surface area contributed by atoms with Crippen LogP contribution in [0, 0.1) is 0 Å². The molecule has 3 saturated heterocycles. The van der Waals surface area contributed by atoms with Gasteiger partial charge in [0.05, 0.1) is 19.9 Å². The van der Waals surface area contributed by atoms with E-state index in [9.17, 15) is 0 Å². The van der Waals surface area contributed by atoms with Crippen molar-refractivity contribution in [3.8, 4) is 0 Å². The molecule has 0 aliphatic carbocycles. The molecule has 80 valence electrons. The molecule has 5 nitrogen and oxygen atoms in total. The number of hydrogen-bond donors (Lipinski definition) is 1. The Labute approximate surface area is 84.8 Å². The Balaban J connectivity index is 1.73. The molecule has 1 N–H and O–H groups in total. The van der Waals surface area contributed by atoms with Gasteiger partial charge in [-0.25, -0.2) is 9.80 Å². The SMILES string of the molecule is CN1CN2CNC[N+](CC3CO3)(C1)C2. The summed E-state index contributed by atoms with van der Waals surface area (Å²) in [7, 11) is 2.21. The average molecular weight is 199 g/mol. The molecule has 3 fully saturated rings. The molecule has 0 aromatic carbocycles. The van der Waals surface area contributed by atoms with E-state index in [1.54, 1.807) is 0 Å². The summed E-state index contributed by atoms with van der Waals surface area (Å²) in [5.41, 5.74) is 0. The molecular formula is C9H19N4O+. The van der Waals surface area contributed by atoms with Crippen LogP contribution in [-0.2, 0) is 4.74 Å². The van der Waals surface area contributed by atoms with Crippen LogP contribution in [0.5, 0.6) is 0 Å². The maximum absolute atomic E-state index is 5.35. The Morgan fingerprint density at radius 3 is 3.14 bits per heavy atom. The maximum atomic E-state index is 5.35. The van der Waals surface area contributed by atoms with Crippen molar-refractivity contribution in [1.82, 2.24) is 15.1 Å². The Bertz CT molecular complexity index is 223. The van der Waals surface area contributed by atoms with Crippen LogP contribution in [0.1, 0.15) is 0 Å². The van der Waals surface area contributed by atoms with E-state index in [2.05, 4.69) is 22.2 Å². The minimum Gasteiger partial charge on any atom is -0.367 e. The summed E-state index contributed by atoms with van der Waals surface area (Å²) in [4.78, 5) is 4.88. The second-order valence-electron chi connectivity index (χ2n) is 5.00. The number of rotatable bonds is 2. The zero-order valence-corrected chi connectivity index (χ0v) is 8.78. The van der Waals surface area contributed by atoms with E-state index in [4.69, 9.17) is 4.74 Å². The van der Waals surface area contributed by atoms with Crippen LogP contribution in [0.25, 0.3) is 0 Å². The average Bonchev–Trinajstić information content (AvgIpc) is 2.86. The van der Waals surface area contributed by atoms with Gasteiger partial charge in [-0.3, -0.25) is 9.80 Å². The van der Waals surface area contributed by atoms with Crippen LogP contribution < -0.4 is 5.32 Å². The summed E-state index contributed by atoms with van der Waals surface area (Å²) in [5.74, 6) is 0. The highest BCUT2D eigenvalue weighted by molar-refractivity contribution is 4.71. The van der Waals surface area contributed by atoms with Gasteiger partial charge in [0.1, 0.15) is 32.7 Å².